The van der Waals surface area contributed by atoms with Crippen LogP contribution in [-0.4, -0.2) is 42.3 Å². The monoisotopic (exact) mass is 381 g/mol. The van der Waals surface area contributed by atoms with Gasteiger partial charge in [0.25, 0.3) is 0 Å². The summed E-state index contributed by atoms with van der Waals surface area (Å²) in [6.07, 6.45) is 3.21. The van der Waals surface area contributed by atoms with Gasteiger partial charge in [0, 0.05) is 25.9 Å². The lowest BCUT2D eigenvalue weighted by atomic mass is 9.98. The molecular weight excluding hydrogens is 354 g/mol. The van der Waals surface area contributed by atoms with Crippen molar-refractivity contribution in [3.8, 4) is 11.1 Å². The zero-order valence-electron chi connectivity index (χ0n) is 16.3. The number of benzene rings is 2. The van der Waals surface area contributed by atoms with Crippen molar-refractivity contribution in [3.05, 3.63) is 59.7 Å². The van der Waals surface area contributed by atoms with E-state index in [0.29, 0.717) is 19.6 Å². The summed E-state index contributed by atoms with van der Waals surface area (Å²) in [5.41, 5.74) is 4.85. The van der Waals surface area contributed by atoms with Gasteiger partial charge in [-0.1, -0.05) is 61.4 Å². The standard InChI is InChI=1S/C23H27NO4/c1-24(15-9-3-2-4-14-22(25)26)23(27)28-16-21-19-12-7-5-10-17(19)18-11-6-8-13-20(18)21/h5-8,10-13,21H,2-4,9,14-16H2,1H3,(H,25,26). The summed E-state index contributed by atoms with van der Waals surface area (Å²) in [6.45, 7) is 0.944. The van der Waals surface area contributed by atoms with Gasteiger partial charge in [0.15, 0.2) is 0 Å². The Bertz CT molecular complexity index is 787. The second-order valence-corrected chi connectivity index (χ2v) is 7.28. The Morgan fingerprint density at radius 3 is 2.11 bits per heavy atom. The fraction of sp³-hybridized carbons (Fsp3) is 0.391. The average Bonchev–Trinajstić information content (AvgIpc) is 3.02. The maximum Gasteiger partial charge on any atom is 0.409 e. The van der Waals surface area contributed by atoms with Gasteiger partial charge in [-0.2, -0.15) is 0 Å². The first-order chi connectivity index (χ1) is 13.6. The molecule has 1 aliphatic rings. The molecule has 0 bridgehead atoms. The topological polar surface area (TPSA) is 66.8 Å². The molecule has 0 saturated carbocycles. The van der Waals surface area contributed by atoms with Crippen LogP contribution < -0.4 is 0 Å². The summed E-state index contributed by atoms with van der Waals surface area (Å²) in [6, 6.07) is 16.6. The van der Waals surface area contributed by atoms with Gasteiger partial charge in [0.1, 0.15) is 6.61 Å². The first kappa shape index (κ1) is 19.9. The third-order valence-electron chi connectivity index (χ3n) is 5.28. The highest BCUT2D eigenvalue weighted by molar-refractivity contribution is 5.79. The van der Waals surface area contributed by atoms with Crippen LogP contribution >= 0.6 is 0 Å². The lowest BCUT2D eigenvalue weighted by Crippen LogP contribution is -2.29. The molecule has 1 amide bonds. The van der Waals surface area contributed by atoms with Gasteiger partial charge in [-0.3, -0.25) is 4.79 Å². The van der Waals surface area contributed by atoms with Gasteiger partial charge < -0.3 is 14.7 Å². The average molecular weight is 381 g/mol. The number of carbonyl (C=O) groups is 2. The van der Waals surface area contributed by atoms with E-state index in [4.69, 9.17) is 9.84 Å². The van der Waals surface area contributed by atoms with Crippen LogP contribution in [0.15, 0.2) is 48.5 Å². The van der Waals surface area contributed by atoms with E-state index in [0.717, 1.165) is 19.3 Å². The Labute approximate surface area is 165 Å². The predicted molar refractivity (Wildman–Crippen MR) is 108 cm³/mol. The third-order valence-corrected chi connectivity index (χ3v) is 5.28. The molecule has 2 aromatic rings. The molecule has 1 N–H and O–H groups in total. The Balaban J connectivity index is 1.49. The number of carboxylic acid groups (broad SMARTS) is 1. The van der Waals surface area contributed by atoms with Crippen LogP contribution in [0, 0.1) is 0 Å². The summed E-state index contributed by atoms with van der Waals surface area (Å²) in [5, 5.41) is 8.63. The number of unbranched alkanes of at least 4 members (excludes halogenated alkanes) is 3. The third kappa shape index (κ3) is 4.71. The second kappa shape index (κ2) is 9.40. The maximum absolute atomic E-state index is 12.4. The Morgan fingerprint density at radius 1 is 0.929 bits per heavy atom. The lowest BCUT2D eigenvalue weighted by Gasteiger charge is -2.19. The van der Waals surface area contributed by atoms with Crippen LogP contribution in [0.25, 0.3) is 11.1 Å². The number of rotatable bonds is 9. The molecular formula is C23H27NO4. The van der Waals surface area contributed by atoms with Crippen LogP contribution in [0.2, 0.25) is 0 Å². The van der Waals surface area contributed by atoms with Gasteiger partial charge in [-0.25, -0.2) is 4.79 Å². The first-order valence-corrected chi connectivity index (χ1v) is 9.86. The summed E-state index contributed by atoms with van der Waals surface area (Å²) in [4.78, 5) is 24.5. The quantitative estimate of drug-likeness (QED) is 0.627. The minimum atomic E-state index is -0.754. The number of carbonyl (C=O) groups excluding carboxylic acids is 1. The van der Waals surface area contributed by atoms with E-state index < -0.39 is 5.97 Å². The Morgan fingerprint density at radius 2 is 1.50 bits per heavy atom. The van der Waals surface area contributed by atoms with Crippen molar-refractivity contribution in [1.29, 1.82) is 0 Å². The smallest absolute Gasteiger partial charge is 0.409 e. The first-order valence-electron chi connectivity index (χ1n) is 9.86. The van der Waals surface area contributed by atoms with Crippen LogP contribution in [0.1, 0.15) is 49.1 Å². The van der Waals surface area contributed by atoms with E-state index in [9.17, 15) is 9.59 Å². The Hall–Kier alpha value is -2.82. The number of carboxylic acids is 1. The number of hydrogen-bond donors (Lipinski definition) is 1. The van der Waals surface area contributed by atoms with Crippen molar-refractivity contribution < 1.29 is 19.4 Å². The fourth-order valence-corrected chi connectivity index (χ4v) is 3.77. The van der Waals surface area contributed by atoms with Crippen LogP contribution in [-0.2, 0) is 9.53 Å². The molecule has 0 fully saturated rings. The summed E-state index contributed by atoms with van der Waals surface area (Å²) in [7, 11) is 1.75. The number of amides is 1. The molecule has 0 unspecified atom stereocenters. The highest BCUT2D eigenvalue weighted by Crippen LogP contribution is 2.44. The molecule has 3 rings (SSSR count). The molecule has 0 spiro atoms. The molecule has 0 aromatic heterocycles. The molecule has 0 heterocycles. The predicted octanol–water partition coefficient (Wildman–Crippen LogP) is 4.90. The molecule has 2 aromatic carbocycles. The number of aliphatic carboxylic acids is 1. The van der Waals surface area contributed by atoms with Gasteiger partial charge in [0.2, 0.25) is 0 Å². The van der Waals surface area contributed by atoms with E-state index in [-0.39, 0.29) is 18.4 Å². The van der Waals surface area contributed by atoms with Crippen molar-refractivity contribution >= 4 is 12.1 Å². The van der Waals surface area contributed by atoms with Gasteiger partial charge in [-0.05, 0) is 35.1 Å². The summed E-state index contributed by atoms with van der Waals surface area (Å²) in [5.74, 6) is -0.684. The number of hydrogen-bond acceptors (Lipinski definition) is 3. The second-order valence-electron chi connectivity index (χ2n) is 7.28. The molecule has 0 aliphatic heterocycles. The zero-order chi connectivity index (χ0) is 19.9. The SMILES string of the molecule is CN(CCCCCCC(=O)O)C(=O)OCC1c2ccccc2-c2ccccc21. The van der Waals surface area contributed by atoms with Crippen LogP contribution in [0.4, 0.5) is 4.79 Å². The summed E-state index contributed by atoms with van der Waals surface area (Å²) < 4.78 is 5.62. The van der Waals surface area contributed by atoms with Crippen molar-refractivity contribution in [3.63, 3.8) is 0 Å². The molecule has 28 heavy (non-hydrogen) atoms. The maximum atomic E-state index is 12.4. The number of nitrogens with zero attached hydrogens (tertiary/aromatic N) is 1. The van der Waals surface area contributed by atoms with Crippen molar-refractivity contribution in [2.45, 2.75) is 38.0 Å². The van der Waals surface area contributed by atoms with Crippen molar-refractivity contribution in [1.82, 2.24) is 4.90 Å². The van der Waals surface area contributed by atoms with Crippen molar-refractivity contribution in [2.75, 3.05) is 20.2 Å². The lowest BCUT2D eigenvalue weighted by molar-refractivity contribution is -0.137. The molecule has 0 radical (unpaired) electrons. The van der Waals surface area contributed by atoms with Gasteiger partial charge in [-0.15, -0.1) is 0 Å². The van der Waals surface area contributed by atoms with E-state index in [1.165, 1.54) is 22.3 Å². The minimum Gasteiger partial charge on any atom is -0.481 e. The van der Waals surface area contributed by atoms with Crippen molar-refractivity contribution in [2.24, 2.45) is 0 Å². The molecule has 5 nitrogen and oxygen atoms in total. The zero-order valence-corrected chi connectivity index (χ0v) is 16.3. The highest BCUT2D eigenvalue weighted by atomic mass is 16.6. The fourth-order valence-electron chi connectivity index (χ4n) is 3.77. The molecule has 0 atom stereocenters. The van der Waals surface area contributed by atoms with Gasteiger partial charge >= 0.3 is 12.1 Å². The molecule has 5 heteroatoms. The van der Waals surface area contributed by atoms with Crippen LogP contribution in [0.5, 0.6) is 0 Å². The summed E-state index contributed by atoms with van der Waals surface area (Å²) >= 11 is 0. The van der Waals surface area contributed by atoms with Crippen LogP contribution in [0.3, 0.4) is 0 Å². The minimum absolute atomic E-state index is 0.0702. The largest absolute Gasteiger partial charge is 0.481 e. The van der Waals surface area contributed by atoms with E-state index >= 15 is 0 Å². The number of fused-ring (bicyclic) bond motifs is 3. The highest BCUT2D eigenvalue weighted by Gasteiger charge is 2.29. The molecule has 1 aliphatic carbocycles. The van der Waals surface area contributed by atoms with Gasteiger partial charge in [0.05, 0.1) is 0 Å². The number of ether oxygens (including phenoxy) is 1. The van der Waals surface area contributed by atoms with E-state index in [2.05, 4.69) is 24.3 Å². The van der Waals surface area contributed by atoms with E-state index in [1.807, 2.05) is 24.3 Å². The molecule has 0 saturated heterocycles. The molecule has 148 valence electrons. The normalized spacial score (nSPS) is 12.3. The Kier molecular flexibility index (Phi) is 6.69. The van der Waals surface area contributed by atoms with E-state index in [1.54, 1.807) is 11.9 Å².